The molecule has 0 bridgehead atoms. The summed E-state index contributed by atoms with van der Waals surface area (Å²) in [5.41, 5.74) is 3.87. The van der Waals surface area contributed by atoms with Crippen molar-refractivity contribution < 1.29 is 17.9 Å². The number of nitrogens with one attached hydrogen (secondary N) is 1. The fourth-order valence-electron chi connectivity index (χ4n) is 3.49. The van der Waals surface area contributed by atoms with E-state index in [1.165, 1.54) is 4.31 Å². The molecule has 0 saturated carbocycles. The molecule has 31 heavy (non-hydrogen) atoms. The molecular formula is C24H24N2O4S. The van der Waals surface area contributed by atoms with Gasteiger partial charge in [0.15, 0.2) is 6.10 Å². The predicted molar refractivity (Wildman–Crippen MR) is 121 cm³/mol. The van der Waals surface area contributed by atoms with Crippen molar-refractivity contribution in [1.29, 1.82) is 0 Å². The molecule has 1 aliphatic heterocycles. The quantitative estimate of drug-likeness (QED) is 0.665. The Balaban J connectivity index is 1.71. The summed E-state index contributed by atoms with van der Waals surface area (Å²) in [6.07, 6.45) is -0.992. The molecule has 1 amide bonds. The molecule has 1 atom stereocenters. The number of carbonyl (C=O) groups excluding carboxylic acids is 1. The van der Waals surface area contributed by atoms with Gasteiger partial charge in [0, 0.05) is 5.69 Å². The molecule has 0 spiro atoms. The molecule has 160 valence electrons. The number of carbonyl (C=O) groups is 1. The third-order valence-electron chi connectivity index (χ3n) is 5.29. The van der Waals surface area contributed by atoms with Crippen LogP contribution in [0, 0.1) is 20.8 Å². The summed E-state index contributed by atoms with van der Waals surface area (Å²) < 4.78 is 34.1. The van der Waals surface area contributed by atoms with Crippen LogP contribution < -0.4 is 14.4 Å². The van der Waals surface area contributed by atoms with Gasteiger partial charge in [-0.3, -0.25) is 9.10 Å². The van der Waals surface area contributed by atoms with E-state index in [0.717, 1.165) is 16.7 Å². The van der Waals surface area contributed by atoms with Gasteiger partial charge in [-0.1, -0.05) is 42.0 Å². The van der Waals surface area contributed by atoms with E-state index in [-0.39, 0.29) is 11.4 Å². The van der Waals surface area contributed by atoms with Crippen LogP contribution in [0.25, 0.3) is 0 Å². The van der Waals surface area contributed by atoms with Crippen LogP contribution in [0.3, 0.4) is 0 Å². The SMILES string of the molecule is Cc1ccc(S(=O)(=O)N2C[C@@H](C(=O)Nc3ccccc3C)Oc3cc(C)ccc32)cc1. The molecule has 7 heteroatoms. The first-order valence-corrected chi connectivity index (χ1v) is 11.4. The first-order chi connectivity index (χ1) is 14.8. The zero-order valence-corrected chi connectivity index (χ0v) is 18.4. The minimum atomic E-state index is -3.88. The lowest BCUT2D eigenvalue weighted by molar-refractivity contribution is -0.122. The molecule has 0 unspecified atom stereocenters. The number of fused-ring (bicyclic) bond motifs is 1. The fourth-order valence-corrected chi connectivity index (χ4v) is 4.97. The Morgan fingerprint density at radius 3 is 2.35 bits per heavy atom. The van der Waals surface area contributed by atoms with E-state index in [2.05, 4.69) is 5.32 Å². The van der Waals surface area contributed by atoms with Gasteiger partial charge in [-0.05, 0) is 62.2 Å². The van der Waals surface area contributed by atoms with Crippen molar-refractivity contribution in [2.24, 2.45) is 0 Å². The highest BCUT2D eigenvalue weighted by Gasteiger charge is 2.37. The van der Waals surface area contributed by atoms with E-state index < -0.39 is 22.0 Å². The van der Waals surface area contributed by atoms with Gasteiger partial charge in [-0.2, -0.15) is 0 Å². The molecular weight excluding hydrogens is 412 g/mol. The highest BCUT2D eigenvalue weighted by atomic mass is 32.2. The average molecular weight is 437 g/mol. The Labute approximate surface area is 182 Å². The molecule has 3 aromatic rings. The van der Waals surface area contributed by atoms with Gasteiger partial charge in [-0.25, -0.2) is 8.42 Å². The van der Waals surface area contributed by atoms with Crippen molar-refractivity contribution in [1.82, 2.24) is 0 Å². The molecule has 1 N–H and O–H groups in total. The number of benzene rings is 3. The zero-order valence-electron chi connectivity index (χ0n) is 17.6. The fraction of sp³-hybridized carbons (Fsp3) is 0.208. The van der Waals surface area contributed by atoms with Gasteiger partial charge in [-0.15, -0.1) is 0 Å². The topological polar surface area (TPSA) is 75.7 Å². The summed E-state index contributed by atoms with van der Waals surface area (Å²) in [6, 6.07) is 19.4. The number of ether oxygens (including phenoxy) is 1. The maximum Gasteiger partial charge on any atom is 0.267 e. The van der Waals surface area contributed by atoms with Gasteiger partial charge in [0.1, 0.15) is 5.75 Å². The number of hydrogen-bond acceptors (Lipinski definition) is 4. The van der Waals surface area contributed by atoms with Gasteiger partial charge in [0.25, 0.3) is 15.9 Å². The van der Waals surface area contributed by atoms with E-state index in [4.69, 9.17) is 4.74 Å². The molecule has 0 aromatic heterocycles. The number of hydrogen-bond donors (Lipinski definition) is 1. The number of amides is 1. The number of nitrogens with zero attached hydrogens (tertiary/aromatic N) is 1. The summed E-state index contributed by atoms with van der Waals surface area (Å²) in [4.78, 5) is 13.2. The van der Waals surface area contributed by atoms with E-state index in [1.807, 2.05) is 45.0 Å². The molecule has 6 nitrogen and oxygen atoms in total. The van der Waals surface area contributed by atoms with E-state index >= 15 is 0 Å². The van der Waals surface area contributed by atoms with E-state index in [0.29, 0.717) is 17.1 Å². The van der Waals surface area contributed by atoms with Crippen LogP contribution >= 0.6 is 0 Å². The highest BCUT2D eigenvalue weighted by molar-refractivity contribution is 7.92. The standard InChI is InChI=1S/C24H24N2O4S/c1-16-8-11-19(12-9-16)31(28,29)26-15-23(30-22-14-17(2)10-13-21(22)26)24(27)25-20-7-5-4-6-18(20)3/h4-14,23H,15H2,1-3H3,(H,25,27)/t23-/m0/s1. The van der Waals surface area contributed by atoms with Crippen LogP contribution in [0.4, 0.5) is 11.4 Å². The minimum absolute atomic E-state index is 0.121. The number of sulfonamides is 1. The summed E-state index contributed by atoms with van der Waals surface area (Å²) >= 11 is 0. The van der Waals surface area contributed by atoms with Crippen molar-refractivity contribution in [2.45, 2.75) is 31.8 Å². The normalized spacial score (nSPS) is 15.7. The van der Waals surface area contributed by atoms with Crippen LogP contribution in [0.1, 0.15) is 16.7 Å². The van der Waals surface area contributed by atoms with Gasteiger partial charge in [0.05, 0.1) is 17.1 Å². The van der Waals surface area contributed by atoms with Crippen molar-refractivity contribution >= 4 is 27.3 Å². The second-order valence-electron chi connectivity index (χ2n) is 7.73. The third kappa shape index (κ3) is 4.14. The molecule has 0 aliphatic carbocycles. The van der Waals surface area contributed by atoms with Crippen LogP contribution in [0.2, 0.25) is 0 Å². The number of rotatable bonds is 4. The van der Waals surface area contributed by atoms with E-state index in [1.54, 1.807) is 42.5 Å². The summed E-state index contributed by atoms with van der Waals surface area (Å²) in [5.74, 6) is -0.0302. The van der Waals surface area contributed by atoms with Crippen LogP contribution in [-0.2, 0) is 14.8 Å². The van der Waals surface area contributed by atoms with E-state index in [9.17, 15) is 13.2 Å². The lowest BCUT2D eigenvalue weighted by Crippen LogP contribution is -2.48. The first kappa shape index (κ1) is 20.9. The van der Waals surface area contributed by atoms with Crippen molar-refractivity contribution in [3.63, 3.8) is 0 Å². The largest absolute Gasteiger partial charge is 0.476 e. The van der Waals surface area contributed by atoms with Crippen LogP contribution in [-0.4, -0.2) is 27.0 Å². The molecule has 4 rings (SSSR count). The Hall–Kier alpha value is -3.32. The number of aryl methyl sites for hydroxylation is 3. The Morgan fingerprint density at radius 2 is 1.65 bits per heavy atom. The monoisotopic (exact) mass is 436 g/mol. The number of anilines is 2. The van der Waals surface area contributed by atoms with Crippen LogP contribution in [0.5, 0.6) is 5.75 Å². The molecule has 0 saturated heterocycles. The zero-order chi connectivity index (χ0) is 22.2. The smallest absolute Gasteiger partial charge is 0.267 e. The summed E-state index contributed by atoms with van der Waals surface area (Å²) in [7, 11) is -3.88. The van der Waals surface area contributed by atoms with Crippen molar-refractivity contribution in [2.75, 3.05) is 16.2 Å². The van der Waals surface area contributed by atoms with Gasteiger partial charge < -0.3 is 10.1 Å². The highest BCUT2D eigenvalue weighted by Crippen LogP contribution is 2.38. The van der Waals surface area contributed by atoms with Crippen molar-refractivity contribution in [3.8, 4) is 5.75 Å². The Bertz CT molecular complexity index is 1240. The number of para-hydroxylation sites is 1. The molecule has 1 aliphatic rings. The summed E-state index contributed by atoms with van der Waals surface area (Å²) in [6.45, 7) is 5.56. The Morgan fingerprint density at radius 1 is 0.968 bits per heavy atom. The second kappa shape index (κ2) is 8.07. The second-order valence-corrected chi connectivity index (χ2v) is 9.59. The average Bonchev–Trinajstić information content (AvgIpc) is 2.74. The molecule has 3 aromatic carbocycles. The molecule has 0 radical (unpaired) electrons. The third-order valence-corrected chi connectivity index (χ3v) is 7.08. The van der Waals surface area contributed by atoms with Gasteiger partial charge >= 0.3 is 0 Å². The van der Waals surface area contributed by atoms with Gasteiger partial charge in [0.2, 0.25) is 0 Å². The molecule has 1 heterocycles. The predicted octanol–water partition coefficient (Wildman–Crippen LogP) is 4.21. The maximum absolute atomic E-state index is 13.5. The Kier molecular flexibility index (Phi) is 5.45. The van der Waals surface area contributed by atoms with Crippen molar-refractivity contribution in [3.05, 3.63) is 83.4 Å². The van der Waals surface area contributed by atoms with Crippen LogP contribution in [0.15, 0.2) is 71.6 Å². The lowest BCUT2D eigenvalue weighted by atomic mass is 10.1. The molecule has 0 fully saturated rings. The minimum Gasteiger partial charge on any atom is -0.476 e. The maximum atomic E-state index is 13.5. The first-order valence-electron chi connectivity index (χ1n) is 9.99. The summed E-state index contributed by atoms with van der Waals surface area (Å²) in [5, 5.41) is 2.86. The lowest BCUT2D eigenvalue weighted by Gasteiger charge is -2.35.